The summed E-state index contributed by atoms with van der Waals surface area (Å²) in [4.78, 5) is 9.77. The molecule has 1 aromatic rings. The van der Waals surface area contributed by atoms with Crippen LogP contribution in [0.1, 0.15) is 18.0 Å². The zero-order valence-corrected chi connectivity index (χ0v) is 6.63. The van der Waals surface area contributed by atoms with Crippen LogP contribution in [0, 0.1) is 0 Å². The minimum Gasteiger partial charge on any atom is -0.462 e. The summed E-state index contributed by atoms with van der Waals surface area (Å²) in [7, 11) is 0. The Labute approximate surface area is 76.5 Å². The summed E-state index contributed by atoms with van der Waals surface area (Å²) < 4.78 is 4.61. The van der Waals surface area contributed by atoms with E-state index in [0.717, 1.165) is 0 Å². The Balaban J connectivity index is 0. The van der Waals surface area contributed by atoms with E-state index >= 15 is 0 Å². The van der Waals surface area contributed by atoms with Gasteiger partial charge in [-0.3, -0.25) is 4.79 Å². The number of carbonyl (C=O) groups excluding carboxylic acids is 1. The van der Waals surface area contributed by atoms with Crippen molar-refractivity contribution in [2.45, 2.75) is 7.43 Å². The maximum Gasteiger partial charge on any atom is 0.185 e. The molecular formula is C6H8NaO2. The normalized spacial score (nSPS) is 6.67. The first-order chi connectivity index (χ1) is 3.43. The zero-order chi connectivity index (χ0) is 5.11. The van der Waals surface area contributed by atoms with Gasteiger partial charge in [-0.2, -0.15) is 0 Å². The molecule has 2 nitrogen and oxygen atoms in total. The summed E-state index contributed by atoms with van der Waals surface area (Å²) in [5.74, 6) is 0.375. The molecule has 9 heavy (non-hydrogen) atoms. The van der Waals surface area contributed by atoms with Crippen LogP contribution in [0.3, 0.4) is 0 Å². The molecule has 3 heteroatoms. The Morgan fingerprint density at radius 1 is 1.56 bits per heavy atom. The van der Waals surface area contributed by atoms with E-state index in [1.807, 2.05) is 0 Å². The van der Waals surface area contributed by atoms with E-state index in [2.05, 4.69) is 4.42 Å². The van der Waals surface area contributed by atoms with Crippen molar-refractivity contribution in [1.82, 2.24) is 0 Å². The van der Waals surface area contributed by atoms with E-state index in [-0.39, 0.29) is 37.0 Å². The monoisotopic (exact) mass is 135 g/mol. The van der Waals surface area contributed by atoms with E-state index in [0.29, 0.717) is 12.0 Å². The third-order valence-electron chi connectivity index (χ3n) is 0.659. The molecule has 0 spiro atoms. The molecule has 0 aromatic carbocycles. The summed E-state index contributed by atoms with van der Waals surface area (Å²) in [6.07, 6.45) is 2.13. The van der Waals surface area contributed by atoms with Gasteiger partial charge in [0.2, 0.25) is 0 Å². The van der Waals surface area contributed by atoms with Gasteiger partial charge in [-0.05, 0) is 12.1 Å². The van der Waals surface area contributed by atoms with Gasteiger partial charge in [-0.1, -0.05) is 7.43 Å². The minimum atomic E-state index is 0. The van der Waals surface area contributed by atoms with Gasteiger partial charge >= 0.3 is 0 Å². The predicted octanol–water partition coefficient (Wildman–Crippen LogP) is 1.35. The van der Waals surface area contributed by atoms with Gasteiger partial charge in [0.05, 0.1) is 6.26 Å². The average Bonchev–Trinajstić information content (AvgIpc) is 2.14. The van der Waals surface area contributed by atoms with Gasteiger partial charge in [-0.25, -0.2) is 0 Å². The van der Waals surface area contributed by atoms with E-state index in [1.54, 1.807) is 12.1 Å². The standard InChI is InChI=1S/C5H4O2.CH4.Na/c6-4-5-2-1-3-7-5;;/h1-4H;1H4;. The summed E-state index contributed by atoms with van der Waals surface area (Å²) >= 11 is 0. The second-order valence-electron chi connectivity index (χ2n) is 1.13. The van der Waals surface area contributed by atoms with Gasteiger partial charge in [0.1, 0.15) is 0 Å². The smallest absolute Gasteiger partial charge is 0.185 e. The van der Waals surface area contributed by atoms with Gasteiger partial charge in [0.25, 0.3) is 0 Å². The molecule has 1 rings (SSSR count). The molecule has 0 amide bonds. The third kappa shape index (κ3) is 3.51. The fraction of sp³-hybridized carbons (Fsp3) is 0.167. The first-order valence-electron chi connectivity index (χ1n) is 1.92. The quantitative estimate of drug-likeness (QED) is 0.429. The first-order valence-corrected chi connectivity index (χ1v) is 1.92. The van der Waals surface area contributed by atoms with Crippen molar-refractivity contribution in [3.63, 3.8) is 0 Å². The molecule has 0 unspecified atom stereocenters. The Kier molecular flexibility index (Phi) is 7.91. The van der Waals surface area contributed by atoms with E-state index < -0.39 is 0 Å². The number of hydrogen-bond donors (Lipinski definition) is 0. The number of aldehydes is 1. The fourth-order valence-electron chi connectivity index (χ4n) is 0.358. The Morgan fingerprint density at radius 2 is 2.22 bits per heavy atom. The van der Waals surface area contributed by atoms with Crippen LogP contribution in [0.15, 0.2) is 22.8 Å². The molecule has 0 bridgehead atoms. The maximum atomic E-state index is 9.77. The van der Waals surface area contributed by atoms with Crippen LogP contribution >= 0.6 is 0 Å². The van der Waals surface area contributed by atoms with Crippen molar-refractivity contribution in [3.8, 4) is 0 Å². The van der Waals surface area contributed by atoms with Crippen LogP contribution in [0.25, 0.3) is 0 Å². The molecule has 0 saturated carbocycles. The summed E-state index contributed by atoms with van der Waals surface area (Å²) in [5, 5.41) is 0. The fourth-order valence-corrected chi connectivity index (χ4v) is 0.358. The largest absolute Gasteiger partial charge is 0.462 e. The van der Waals surface area contributed by atoms with Gasteiger partial charge in [-0.15, -0.1) is 0 Å². The summed E-state index contributed by atoms with van der Waals surface area (Å²) in [5.41, 5.74) is 0. The Morgan fingerprint density at radius 3 is 2.44 bits per heavy atom. The zero-order valence-electron chi connectivity index (χ0n) is 4.63. The molecule has 0 aliphatic heterocycles. The van der Waals surface area contributed by atoms with E-state index in [4.69, 9.17) is 0 Å². The van der Waals surface area contributed by atoms with Crippen molar-refractivity contribution in [2.75, 3.05) is 0 Å². The second kappa shape index (κ2) is 6.08. The second-order valence-corrected chi connectivity index (χ2v) is 1.13. The van der Waals surface area contributed by atoms with Crippen molar-refractivity contribution in [2.24, 2.45) is 0 Å². The molecule has 1 aromatic heterocycles. The summed E-state index contributed by atoms with van der Waals surface area (Å²) in [6.45, 7) is 0. The van der Waals surface area contributed by atoms with Crippen LogP contribution in [-0.4, -0.2) is 35.8 Å². The number of rotatable bonds is 1. The number of carbonyl (C=O) groups is 1. The Bertz CT molecular complexity index is 146. The van der Waals surface area contributed by atoms with Crippen molar-refractivity contribution >= 4 is 35.8 Å². The Hall–Kier alpha value is -0.0500. The molecule has 0 atom stereocenters. The molecule has 0 aliphatic rings. The number of furan rings is 1. The third-order valence-corrected chi connectivity index (χ3v) is 0.659. The minimum absolute atomic E-state index is 0. The molecule has 1 heterocycles. The van der Waals surface area contributed by atoms with Crippen molar-refractivity contribution in [1.29, 1.82) is 0 Å². The van der Waals surface area contributed by atoms with Crippen LogP contribution in [0.5, 0.6) is 0 Å². The van der Waals surface area contributed by atoms with Gasteiger partial charge in [0, 0.05) is 29.6 Å². The molecule has 0 fully saturated rings. The predicted molar refractivity (Wildman–Crippen MR) is 36.6 cm³/mol. The van der Waals surface area contributed by atoms with E-state index in [9.17, 15) is 4.79 Å². The van der Waals surface area contributed by atoms with Crippen LogP contribution in [-0.2, 0) is 0 Å². The van der Waals surface area contributed by atoms with Crippen LogP contribution in [0.4, 0.5) is 0 Å². The molecule has 0 saturated heterocycles. The molecule has 1 radical (unpaired) electrons. The van der Waals surface area contributed by atoms with Crippen LogP contribution in [0.2, 0.25) is 0 Å². The van der Waals surface area contributed by atoms with Gasteiger partial charge in [0.15, 0.2) is 12.0 Å². The van der Waals surface area contributed by atoms with Crippen molar-refractivity contribution in [3.05, 3.63) is 24.2 Å². The SMILES string of the molecule is C.O=Cc1ccco1.[Na]. The van der Waals surface area contributed by atoms with Gasteiger partial charge < -0.3 is 4.42 Å². The summed E-state index contributed by atoms with van der Waals surface area (Å²) in [6, 6.07) is 3.27. The molecular weight excluding hydrogens is 127 g/mol. The van der Waals surface area contributed by atoms with Crippen molar-refractivity contribution < 1.29 is 9.21 Å². The first kappa shape index (κ1) is 11.7. The molecule has 0 aliphatic carbocycles. The van der Waals surface area contributed by atoms with E-state index in [1.165, 1.54) is 6.26 Å². The molecule has 0 N–H and O–H groups in total. The maximum absolute atomic E-state index is 9.77. The van der Waals surface area contributed by atoms with Crippen LogP contribution < -0.4 is 0 Å². The number of hydrogen-bond acceptors (Lipinski definition) is 2. The molecule has 45 valence electrons. The average molecular weight is 135 g/mol. The topological polar surface area (TPSA) is 30.2 Å².